The highest BCUT2D eigenvalue weighted by molar-refractivity contribution is 5.96. The Morgan fingerprint density at radius 2 is 1.86 bits per heavy atom. The molecular formula is C23H27N5O. The van der Waals surface area contributed by atoms with Crippen LogP contribution < -0.4 is 0 Å². The van der Waals surface area contributed by atoms with Gasteiger partial charge >= 0.3 is 0 Å². The molecule has 3 heterocycles. The van der Waals surface area contributed by atoms with Gasteiger partial charge in [0.2, 0.25) is 0 Å². The van der Waals surface area contributed by atoms with Crippen LogP contribution in [0.4, 0.5) is 0 Å². The van der Waals surface area contributed by atoms with Gasteiger partial charge in [0.15, 0.2) is 5.65 Å². The minimum atomic E-state index is 0.0387. The van der Waals surface area contributed by atoms with Gasteiger partial charge in [-0.15, -0.1) is 0 Å². The van der Waals surface area contributed by atoms with Gasteiger partial charge < -0.3 is 14.4 Å². The molecule has 3 aromatic rings. The lowest BCUT2D eigenvalue weighted by Crippen LogP contribution is -2.49. The van der Waals surface area contributed by atoms with Crippen molar-refractivity contribution < 1.29 is 4.79 Å². The first kappa shape index (κ1) is 18.3. The third-order valence-corrected chi connectivity index (χ3v) is 6.41. The lowest BCUT2D eigenvalue weighted by atomic mass is 10.0. The molecule has 1 aliphatic carbocycles. The molecule has 6 nitrogen and oxygen atoms in total. The molecule has 2 aliphatic rings. The number of piperazine rings is 1. The van der Waals surface area contributed by atoms with Crippen LogP contribution in [0.1, 0.15) is 53.7 Å². The quantitative estimate of drug-likeness (QED) is 0.686. The van der Waals surface area contributed by atoms with E-state index in [9.17, 15) is 4.79 Å². The van der Waals surface area contributed by atoms with E-state index in [0.717, 1.165) is 24.3 Å². The Hall–Kier alpha value is -2.73. The molecule has 2 aromatic heterocycles. The van der Waals surface area contributed by atoms with Crippen LogP contribution in [0.5, 0.6) is 0 Å². The molecule has 1 saturated carbocycles. The Morgan fingerprint density at radius 1 is 1.07 bits per heavy atom. The Bertz CT molecular complexity index is 1010. The average molecular weight is 390 g/mol. The monoisotopic (exact) mass is 389 g/mol. The minimum absolute atomic E-state index is 0.0387. The lowest BCUT2D eigenvalue weighted by molar-refractivity contribution is 0.0498. The molecular weight excluding hydrogens is 362 g/mol. The molecule has 0 radical (unpaired) electrons. The summed E-state index contributed by atoms with van der Waals surface area (Å²) in [5.41, 5.74) is 3.51. The number of nitrogens with zero attached hydrogens (tertiary/aromatic N) is 5. The van der Waals surface area contributed by atoms with Crippen LogP contribution in [0.25, 0.3) is 11.2 Å². The van der Waals surface area contributed by atoms with Gasteiger partial charge in [0, 0.05) is 31.9 Å². The highest BCUT2D eigenvalue weighted by Crippen LogP contribution is 2.32. The van der Waals surface area contributed by atoms with E-state index >= 15 is 0 Å². The van der Waals surface area contributed by atoms with Crippen LogP contribution in [0.3, 0.4) is 0 Å². The van der Waals surface area contributed by atoms with Crippen molar-refractivity contribution in [3.05, 3.63) is 60.0 Å². The van der Waals surface area contributed by atoms with Crippen LogP contribution in [0.15, 0.2) is 48.9 Å². The smallest absolute Gasteiger partial charge is 0.256 e. The Balaban J connectivity index is 1.45. The predicted octanol–water partition coefficient (Wildman–Crippen LogP) is 3.68. The molecule has 6 heteroatoms. The van der Waals surface area contributed by atoms with Gasteiger partial charge in [-0.05, 0) is 31.5 Å². The summed E-state index contributed by atoms with van der Waals surface area (Å²) in [6.07, 6.45) is 8.54. The van der Waals surface area contributed by atoms with Gasteiger partial charge in [0.25, 0.3) is 5.91 Å². The zero-order valence-corrected chi connectivity index (χ0v) is 16.9. The fourth-order valence-electron chi connectivity index (χ4n) is 4.77. The summed E-state index contributed by atoms with van der Waals surface area (Å²) in [4.78, 5) is 26.9. The largest absolute Gasteiger partial charge is 0.329 e. The number of aromatic nitrogens is 3. The van der Waals surface area contributed by atoms with Gasteiger partial charge in [-0.3, -0.25) is 4.79 Å². The van der Waals surface area contributed by atoms with Crippen LogP contribution in [-0.4, -0.2) is 56.9 Å². The van der Waals surface area contributed by atoms with Crippen molar-refractivity contribution >= 4 is 17.1 Å². The third-order valence-electron chi connectivity index (χ3n) is 6.41. The second-order valence-corrected chi connectivity index (χ2v) is 8.34. The number of amides is 1. The molecule has 0 N–H and O–H groups in total. The van der Waals surface area contributed by atoms with Gasteiger partial charge in [-0.1, -0.05) is 43.2 Å². The molecule has 2 fully saturated rings. The normalized spacial score (nSPS) is 21.1. The van der Waals surface area contributed by atoms with E-state index in [1.165, 1.54) is 31.2 Å². The first-order valence-corrected chi connectivity index (χ1v) is 10.6. The summed E-state index contributed by atoms with van der Waals surface area (Å²) in [6.45, 7) is 2.42. The van der Waals surface area contributed by atoms with Crippen molar-refractivity contribution in [2.45, 2.75) is 37.8 Å². The van der Waals surface area contributed by atoms with Gasteiger partial charge in [0.1, 0.15) is 5.52 Å². The van der Waals surface area contributed by atoms with Crippen molar-refractivity contribution in [3.8, 4) is 0 Å². The molecule has 1 unspecified atom stereocenters. The number of pyridine rings is 1. The topological polar surface area (TPSA) is 54.3 Å². The van der Waals surface area contributed by atoms with E-state index < -0.39 is 0 Å². The molecule has 1 aromatic carbocycles. The summed E-state index contributed by atoms with van der Waals surface area (Å²) >= 11 is 0. The zero-order chi connectivity index (χ0) is 19.8. The van der Waals surface area contributed by atoms with Gasteiger partial charge in [0.05, 0.1) is 17.9 Å². The van der Waals surface area contributed by atoms with Crippen molar-refractivity contribution in [1.82, 2.24) is 24.3 Å². The summed E-state index contributed by atoms with van der Waals surface area (Å²) in [7, 11) is 2.11. The highest BCUT2D eigenvalue weighted by Gasteiger charge is 2.31. The number of rotatable bonds is 3. The number of hydrogen-bond acceptors (Lipinski definition) is 4. The van der Waals surface area contributed by atoms with Crippen LogP contribution in [0.2, 0.25) is 0 Å². The Morgan fingerprint density at radius 3 is 2.66 bits per heavy atom. The van der Waals surface area contributed by atoms with Crippen molar-refractivity contribution in [1.29, 1.82) is 0 Å². The first-order chi connectivity index (χ1) is 14.2. The fraction of sp³-hybridized carbons (Fsp3) is 0.435. The third kappa shape index (κ3) is 3.42. The number of hydrogen-bond donors (Lipinski definition) is 0. The van der Waals surface area contributed by atoms with E-state index in [4.69, 9.17) is 0 Å². The number of imidazole rings is 1. The van der Waals surface area contributed by atoms with E-state index in [-0.39, 0.29) is 11.9 Å². The summed E-state index contributed by atoms with van der Waals surface area (Å²) in [5.74, 6) is 0.0387. The standard InChI is InChI=1S/C23H27N5O/c1-26-11-12-27(21(15-26)17-7-3-2-4-8-17)23(29)18-13-20-22(24-14-18)28(16-25-20)19-9-5-6-10-19/h2-4,7-8,13-14,16,19,21H,5-6,9-12,15H2,1H3. The van der Waals surface area contributed by atoms with Gasteiger partial charge in [-0.25, -0.2) is 9.97 Å². The maximum absolute atomic E-state index is 13.4. The summed E-state index contributed by atoms with van der Waals surface area (Å²) in [5, 5.41) is 0. The zero-order valence-electron chi connectivity index (χ0n) is 16.9. The number of likely N-dealkylation sites (N-methyl/N-ethyl adjacent to an activating group) is 1. The summed E-state index contributed by atoms with van der Waals surface area (Å²) < 4.78 is 2.19. The number of carbonyl (C=O) groups excluding carboxylic acids is 1. The molecule has 150 valence electrons. The van der Waals surface area contributed by atoms with E-state index in [0.29, 0.717) is 18.2 Å². The van der Waals surface area contributed by atoms with E-state index in [1.807, 2.05) is 35.5 Å². The van der Waals surface area contributed by atoms with Crippen molar-refractivity contribution in [3.63, 3.8) is 0 Å². The highest BCUT2D eigenvalue weighted by atomic mass is 16.2. The first-order valence-electron chi connectivity index (χ1n) is 10.6. The summed E-state index contributed by atoms with van der Waals surface area (Å²) in [6, 6.07) is 12.8. The second-order valence-electron chi connectivity index (χ2n) is 8.34. The van der Waals surface area contributed by atoms with Crippen molar-refractivity contribution in [2.75, 3.05) is 26.7 Å². The Labute approximate surface area is 171 Å². The number of fused-ring (bicyclic) bond motifs is 1. The van der Waals surface area contributed by atoms with E-state index in [1.54, 1.807) is 6.20 Å². The molecule has 5 rings (SSSR count). The average Bonchev–Trinajstić information content (AvgIpc) is 3.43. The van der Waals surface area contributed by atoms with Crippen LogP contribution >= 0.6 is 0 Å². The fourth-order valence-corrected chi connectivity index (χ4v) is 4.77. The molecule has 1 atom stereocenters. The number of benzene rings is 1. The maximum atomic E-state index is 13.4. The molecule has 29 heavy (non-hydrogen) atoms. The SMILES string of the molecule is CN1CCN(C(=O)c2cnc3c(c2)ncn3C2CCCC2)C(c2ccccc2)C1. The Kier molecular flexibility index (Phi) is 4.79. The van der Waals surface area contributed by atoms with Gasteiger partial charge in [-0.2, -0.15) is 0 Å². The molecule has 1 amide bonds. The minimum Gasteiger partial charge on any atom is -0.329 e. The predicted molar refractivity (Wildman–Crippen MR) is 113 cm³/mol. The van der Waals surface area contributed by atoms with Crippen LogP contribution in [-0.2, 0) is 0 Å². The molecule has 1 aliphatic heterocycles. The number of carbonyl (C=O) groups is 1. The molecule has 0 bridgehead atoms. The van der Waals surface area contributed by atoms with Crippen molar-refractivity contribution in [2.24, 2.45) is 0 Å². The molecule has 1 saturated heterocycles. The van der Waals surface area contributed by atoms with Crippen LogP contribution in [0, 0.1) is 0 Å². The maximum Gasteiger partial charge on any atom is 0.256 e. The second kappa shape index (κ2) is 7.59. The molecule has 0 spiro atoms. The lowest BCUT2D eigenvalue weighted by Gasteiger charge is -2.40. The van der Waals surface area contributed by atoms with E-state index in [2.05, 4.69) is 38.6 Å².